The van der Waals surface area contributed by atoms with Crippen LogP contribution in [0.25, 0.3) is 0 Å². The third-order valence-corrected chi connectivity index (χ3v) is 3.81. The molecular weight excluding hydrogens is 318 g/mol. The van der Waals surface area contributed by atoms with Crippen LogP contribution in [0.1, 0.15) is 12.5 Å². The maximum Gasteiger partial charge on any atom is 0.229 e. The lowest BCUT2D eigenvalue weighted by Gasteiger charge is -2.39. The van der Waals surface area contributed by atoms with E-state index in [1.165, 1.54) is 6.92 Å². The zero-order valence-corrected chi connectivity index (χ0v) is 13.3. The highest BCUT2D eigenvalue weighted by Gasteiger charge is 2.44. The molecule has 1 aliphatic rings. The normalized spacial score (nSPS) is 30.0. The van der Waals surface area contributed by atoms with Gasteiger partial charge in [-0.2, -0.15) is 0 Å². The second kappa shape index (κ2) is 8.41. The van der Waals surface area contributed by atoms with Crippen LogP contribution in [0.3, 0.4) is 0 Å². The molecule has 1 aromatic carbocycles. The average Bonchev–Trinajstić information content (AvgIpc) is 2.56. The molecule has 1 fully saturated rings. The van der Waals surface area contributed by atoms with E-state index in [9.17, 15) is 20.1 Å². The molecule has 8 nitrogen and oxygen atoms in total. The molecule has 0 unspecified atom stereocenters. The SMILES string of the molecule is CC(=O)NCCc1ccc(O[C@H]2O[C@H](CO)[C@@H](O)[C@H](O)[C@@H]2O)cc1. The number of carbonyl (C=O) groups is 1. The number of aliphatic hydroxyl groups excluding tert-OH is 4. The van der Waals surface area contributed by atoms with Crippen molar-refractivity contribution in [1.82, 2.24) is 5.32 Å². The summed E-state index contributed by atoms with van der Waals surface area (Å²) in [5.74, 6) is 0.320. The monoisotopic (exact) mass is 341 g/mol. The van der Waals surface area contributed by atoms with Crippen LogP contribution in [0.5, 0.6) is 5.75 Å². The Morgan fingerprint density at radius 2 is 1.83 bits per heavy atom. The highest BCUT2D eigenvalue weighted by molar-refractivity contribution is 5.72. The fourth-order valence-electron chi connectivity index (χ4n) is 2.42. The summed E-state index contributed by atoms with van der Waals surface area (Å²) in [5, 5.41) is 41.2. The van der Waals surface area contributed by atoms with Crippen molar-refractivity contribution in [3.8, 4) is 5.75 Å². The van der Waals surface area contributed by atoms with Crippen LogP contribution in [0.15, 0.2) is 24.3 Å². The van der Waals surface area contributed by atoms with Gasteiger partial charge in [0.1, 0.15) is 30.2 Å². The summed E-state index contributed by atoms with van der Waals surface area (Å²) in [7, 11) is 0. The number of ether oxygens (including phenoxy) is 2. The van der Waals surface area contributed by atoms with Crippen LogP contribution in [0.2, 0.25) is 0 Å². The van der Waals surface area contributed by atoms with E-state index < -0.39 is 37.3 Å². The van der Waals surface area contributed by atoms with Crippen molar-refractivity contribution >= 4 is 5.91 Å². The Kier molecular flexibility index (Phi) is 6.52. The maximum atomic E-state index is 10.8. The highest BCUT2D eigenvalue weighted by Crippen LogP contribution is 2.24. The third-order valence-electron chi connectivity index (χ3n) is 3.81. The minimum atomic E-state index is -1.47. The molecule has 0 saturated carbocycles. The Labute approximate surface area is 139 Å². The van der Waals surface area contributed by atoms with Gasteiger partial charge in [-0.3, -0.25) is 4.79 Å². The number of amides is 1. The van der Waals surface area contributed by atoms with E-state index in [1.807, 2.05) is 0 Å². The first kappa shape index (κ1) is 18.6. The van der Waals surface area contributed by atoms with Crippen LogP contribution in [-0.4, -0.2) is 70.2 Å². The zero-order valence-electron chi connectivity index (χ0n) is 13.3. The van der Waals surface area contributed by atoms with Crippen LogP contribution < -0.4 is 10.1 Å². The van der Waals surface area contributed by atoms with E-state index in [2.05, 4.69) is 5.32 Å². The van der Waals surface area contributed by atoms with Gasteiger partial charge in [0, 0.05) is 13.5 Å². The Hall–Kier alpha value is -1.71. The van der Waals surface area contributed by atoms with Crippen molar-refractivity contribution in [1.29, 1.82) is 0 Å². The van der Waals surface area contributed by atoms with E-state index in [-0.39, 0.29) is 5.91 Å². The predicted octanol–water partition coefficient (Wildman–Crippen LogP) is -1.46. The second-order valence-corrected chi connectivity index (χ2v) is 5.69. The molecule has 0 aliphatic carbocycles. The number of carbonyl (C=O) groups excluding carboxylic acids is 1. The Balaban J connectivity index is 1.93. The molecule has 24 heavy (non-hydrogen) atoms. The smallest absolute Gasteiger partial charge is 0.229 e. The molecule has 0 radical (unpaired) electrons. The van der Waals surface area contributed by atoms with Crippen LogP contribution in [0, 0.1) is 0 Å². The van der Waals surface area contributed by atoms with Crippen molar-refractivity contribution in [2.45, 2.75) is 44.1 Å². The first-order valence-electron chi connectivity index (χ1n) is 7.73. The molecule has 0 bridgehead atoms. The molecular formula is C16H23NO7. The Morgan fingerprint density at radius 1 is 1.17 bits per heavy atom. The summed E-state index contributed by atoms with van der Waals surface area (Å²) in [5.41, 5.74) is 0.991. The predicted molar refractivity (Wildman–Crippen MR) is 83.2 cm³/mol. The lowest BCUT2D eigenvalue weighted by molar-refractivity contribution is -0.277. The van der Waals surface area contributed by atoms with Crippen LogP contribution >= 0.6 is 0 Å². The van der Waals surface area contributed by atoms with Crippen LogP contribution in [-0.2, 0) is 16.0 Å². The van der Waals surface area contributed by atoms with Gasteiger partial charge in [-0.05, 0) is 24.1 Å². The molecule has 1 aromatic rings. The zero-order chi connectivity index (χ0) is 17.7. The summed E-state index contributed by atoms with van der Waals surface area (Å²) < 4.78 is 10.8. The van der Waals surface area contributed by atoms with Crippen molar-refractivity contribution in [2.75, 3.05) is 13.2 Å². The number of rotatable bonds is 6. The maximum absolute atomic E-state index is 10.8. The summed E-state index contributed by atoms with van der Waals surface area (Å²) >= 11 is 0. The second-order valence-electron chi connectivity index (χ2n) is 5.69. The van der Waals surface area contributed by atoms with Crippen molar-refractivity contribution < 1.29 is 34.7 Å². The average molecular weight is 341 g/mol. The quantitative estimate of drug-likeness (QED) is 0.428. The van der Waals surface area contributed by atoms with Gasteiger partial charge in [-0.25, -0.2) is 0 Å². The molecule has 0 aromatic heterocycles. The third kappa shape index (κ3) is 4.65. The molecule has 1 heterocycles. The van der Waals surface area contributed by atoms with Crippen molar-refractivity contribution in [2.24, 2.45) is 0 Å². The molecule has 134 valence electrons. The molecule has 1 aliphatic heterocycles. The van der Waals surface area contributed by atoms with Crippen LogP contribution in [0.4, 0.5) is 0 Å². The molecule has 5 N–H and O–H groups in total. The van der Waals surface area contributed by atoms with E-state index in [0.29, 0.717) is 18.7 Å². The fourth-order valence-corrected chi connectivity index (χ4v) is 2.42. The van der Waals surface area contributed by atoms with Crippen molar-refractivity contribution in [3.05, 3.63) is 29.8 Å². The first-order chi connectivity index (χ1) is 11.4. The van der Waals surface area contributed by atoms with Gasteiger partial charge in [0.05, 0.1) is 6.61 Å². The van der Waals surface area contributed by atoms with Gasteiger partial charge in [0.2, 0.25) is 12.2 Å². The van der Waals surface area contributed by atoms with Gasteiger partial charge in [0.15, 0.2) is 0 Å². The Morgan fingerprint density at radius 3 is 2.42 bits per heavy atom. The van der Waals surface area contributed by atoms with Gasteiger partial charge in [0.25, 0.3) is 0 Å². The summed E-state index contributed by atoms with van der Waals surface area (Å²) in [6.45, 7) is 1.48. The topological polar surface area (TPSA) is 128 Å². The standard InChI is InChI=1S/C16H23NO7/c1-9(19)17-7-6-10-2-4-11(5-3-10)23-16-15(22)14(21)13(20)12(8-18)24-16/h2-5,12-16,18,20-22H,6-8H2,1H3,(H,17,19)/t12-,13-,14+,15+,16+/m1/s1. The van der Waals surface area contributed by atoms with Gasteiger partial charge < -0.3 is 35.2 Å². The lowest BCUT2D eigenvalue weighted by Crippen LogP contribution is -2.60. The number of hydrogen-bond acceptors (Lipinski definition) is 7. The van der Waals surface area contributed by atoms with E-state index >= 15 is 0 Å². The van der Waals surface area contributed by atoms with E-state index in [0.717, 1.165) is 5.56 Å². The molecule has 1 saturated heterocycles. The minimum absolute atomic E-state index is 0.0856. The van der Waals surface area contributed by atoms with E-state index in [4.69, 9.17) is 14.6 Å². The number of aliphatic hydroxyl groups is 4. The number of hydrogen-bond donors (Lipinski definition) is 5. The van der Waals surface area contributed by atoms with Gasteiger partial charge in [-0.15, -0.1) is 0 Å². The highest BCUT2D eigenvalue weighted by atomic mass is 16.7. The summed E-state index contributed by atoms with van der Waals surface area (Å²) in [6, 6.07) is 6.96. The summed E-state index contributed by atoms with van der Waals surface area (Å²) in [4.78, 5) is 10.8. The summed E-state index contributed by atoms with van der Waals surface area (Å²) in [6.07, 6.45) is -5.88. The molecule has 2 rings (SSSR count). The molecule has 8 heteroatoms. The van der Waals surface area contributed by atoms with Crippen molar-refractivity contribution in [3.63, 3.8) is 0 Å². The first-order valence-corrected chi connectivity index (χ1v) is 7.73. The lowest BCUT2D eigenvalue weighted by atomic mass is 9.99. The van der Waals surface area contributed by atoms with E-state index in [1.54, 1.807) is 24.3 Å². The largest absolute Gasteiger partial charge is 0.462 e. The fraction of sp³-hybridized carbons (Fsp3) is 0.562. The molecule has 5 atom stereocenters. The molecule has 1 amide bonds. The van der Waals surface area contributed by atoms with Gasteiger partial charge >= 0.3 is 0 Å². The minimum Gasteiger partial charge on any atom is -0.462 e. The molecule has 0 spiro atoms. The van der Waals surface area contributed by atoms with Gasteiger partial charge in [-0.1, -0.05) is 12.1 Å². The number of benzene rings is 1. The Bertz CT molecular complexity index is 534. The number of nitrogens with one attached hydrogen (secondary N) is 1.